The van der Waals surface area contributed by atoms with E-state index in [0.29, 0.717) is 22.3 Å². The van der Waals surface area contributed by atoms with Gasteiger partial charge < -0.3 is 24.6 Å². The molecule has 31 heavy (non-hydrogen) atoms. The van der Waals surface area contributed by atoms with Crippen molar-refractivity contribution in [2.24, 2.45) is 0 Å². The molecule has 4 amide bonds. The quantitative estimate of drug-likeness (QED) is 0.543. The third kappa shape index (κ3) is 3.33. The summed E-state index contributed by atoms with van der Waals surface area (Å²) < 4.78 is 6.72. The Kier molecular flexibility index (Phi) is 4.81. The summed E-state index contributed by atoms with van der Waals surface area (Å²) in [5, 5.41) is 17.1. The maximum atomic E-state index is 12.9. The number of urea groups is 1. The summed E-state index contributed by atoms with van der Waals surface area (Å²) in [6.07, 6.45) is 1.70. The zero-order chi connectivity index (χ0) is 22.3. The van der Waals surface area contributed by atoms with Crippen LogP contribution in [0, 0.1) is 0 Å². The average molecular weight is 422 g/mol. The second kappa shape index (κ2) is 7.35. The molecule has 2 aromatic carbocycles. The van der Waals surface area contributed by atoms with Crippen molar-refractivity contribution in [3.8, 4) is 11.6 Å². The van der Waals surface area contributed by atoms with Crippen LogP contribution in [0.1, 0.15) is 15.9 Å². The van der Waals surface area contributed by atoms with Gasteiger partial charge in [-0.3, -0.25) is 14.9 Å². The molecular weight excluding hydrogens is 400 g/mol. The standard InChI is InChI=1S/C22H22N4O5/c1-25(2)18(27)13-4-7-15(8-5-13)22(20(29)23-21(30)24-22)12-26-11-14-6-9-16(31-3)10-17(14)19(26)28/h4-11,28H,12H2,1-3H3,(H2,23,24,29,30). The molecule has 1 aromatic heterocycles. The lowest BCUT2D eigenvalue weighted by Crippen LogP contribution is -2.47. The van der Waals surface area contributed by atoms with Crippen LogP contribution in [0.25, 0.3) is 10.8 Å². The Morgan fingerprint density at radius 1 is 1.16 bits per heavy atom. The first-order valence-electron chi connectivity index (χ1n) is 9.57. The number of hydrogen-bond donors (Lipinski definition) is 3. The molecule has 0 spiro atoms. The first-order valence-corrected chi connectivity index (χ1v) is 9.57. The minimum Gasteiger partial charge on any atom is -0.497 e. The summed E-state index contributed by atoms with van der Waals surface area (Å²) in [5.74, 6) is -0.187. The van der Waals surface area contributed by atoms with Crippen molar-refractivity contribution in [1.29, 1.82) is 0 Å². The number of benzene rings is 2. The van der Waals surface area contributed by atoms with Gasteiger partial charge in [-0.05, 0) is 35.9 Å². The van der Waals surface area contributed by atoms with Crippen LogP contribution in [0.15, 0.2) is 48.7 Å². The second-order valence-corrected chi connectivity index (χ2v) is 7.62. The van der Waals surface area contributed by atoms with E-state index in [2.05, 4.69) is 10.6 Å². The molecule has 1 saturated heterocycles. The van der Waals surface area contributed by atoms with Gasteiger partial charge in [0.05, 0.1) is 13.7 Å². The number of aromatic nitrogens is 1. The fourth-order valence-corrected chi connectivity index (χ4v) is 3.78. The van der Waals surface area contributed by atoms with E-state index in [-0.39, 0.29) is 18.3 Å². The van der Waals surface area contributed by atoms with Crippen LogP contribution < -0.4 is 15.4 Å². The predicted octanol–water partition coefficient (Wildman–Crippen LogP) is 1.79. The van der Waals surface area contributed by atoms with Gasteiger partial charge in [0.2, 0.25) is 0 Å². The number of hydrogen-bond acceptors (Lipinski definition) is 5. The van der Waals surface area contributed by atoms with E-state index < -0.39 is 17.5 Å². The van der Waals surface area contributed by atoms with E-state index in [1.165, 1.54) is 16.6 Å². The van der Waals surface area contributed by atoms with Crippen LogP contribution in [0.2, 0.25) is 0 Å². The maximum absolute atomic E-state index is 12.9. The largest absolute Gasteiger partial charge is 0.497 e. The van der Waals surface area contributed by atoms with Crippen molar-refractivity contribution >= 4 is 28.6 Å². The van der Waals surface area contributed by atoms with E-state index in [1.54, 1.807) is 62.8 Å². The zero-order valence-electron chi connectivity index (χ0n) is 17.3. The number of methoxy groups -OCH3 is 1. The number of ether oxygens (including phenoxy) is 1. The Morgan fingerprint density at radius 2 is 1.87 bits per heavy atom. The number of amides is 4. The zero-order valence-corrected chi connectivity index (χ0v) is 17.3. The number of nitrogens with one attached hydrogen (secondary N) is 2. The Hall–Kier alpha value is -4.01. The number of nitrogens with zero attached hydrogens (tertiary/aromatic N) is 2. The average Bonchev–Trinajstić information content (AvgIpc) is 3.22. The molecule has 4 rings (SSSR count). The van der Waals surface area contributed by atoms with Gasteiger partial charge in [0.15, 0.2) is 11.4 Å². The SMILES string of the molecule is COc1ccc2cn(CC3(c4ccc(C(=O)N(C)C)cc4)NC(=O)NC3=O)c(O)c2c1. The number of rotatable bonds is 5. The molecule has 1 aliphatic rings. The molecule has 1 unspecified atom stereocenters. The first kappa shape index (κ1) is 20.3. The lowest BCUT2D eigenvalue weighted by atomic mass is 9.89. The second-order valence-electron chi connectivity index (χ2n) is 7.62. The lowest BCUT2D eigenvalue weighted by Gasteiger charge is -2.27. The summed E-state index contributed by atoms with van der Waals surface area (Å²) in [7, 11) is 4.83. The van der Waals surface area contributed by atoms with Crippen LogP contribution in [0.5, 0.6) is 11.6 Å². The van der Waals surface area contributed by atoms with E-state index in [1.807, 2.05) is 0 Å². The number of imide groups is 1. The first-order chi connectivity index (χ1) is 14.7. The highest BCUT2D eigenvalue weighted by molar-refractivity contribution is 6.07. The molecule has 0 saturated carbocycles. The molecule has 1 fully saturated rings. The third-order valence-electron chi connectivity index (χ3n) is 5.45. The smallest absolute Gasteiger partial charge is 0.322 e. The van der Waals surface area contributed by atoms with Crippen molar-refractivity contribution in [3.05, 3.63) is 59.8 Å². The summed E-state index contributed by atoms with van der Waals surface area (Å²) in [6.45, 7) is -0.0472. The highest BCUT2D eigenvalue weighted by Gasteiger charge is 2.48. The van der Waals surface area contributed by atoms with Crippen LogP contribution >= 0.6 is 0 Å². The number of carbonyl (C=O) groups is 3. The van der Waals surface area contributed by atoms with Gasteiger partial charge >= 0.3 is 6.03 Å². The lowest BCUT2D eigenvalue weighted by molar-refractivity contribution is -0.124. The van der Waals surface area contributed by atoms with Gasteiger partial charge in [-0.15, -0.1) is 0 Å². The molecule has 1 atom stereocenters. The van der Waals surface area contributed by atoms with Crippen LogP contribution in [-0.4, -0.2) is 53.6 Å². The van der Waals surface area contributed by atoms with Gasteiger partial charge in [-0.2, -0.15) is 0 Å². The summed E-state index contributed by atoms with van der Waals surface area (Å²) >= 11 is 0. The van der Waals surface area contributed by atoms with Crippen LogP contribution in [0.4, 0.5) is 4.79 Å². The molecule has 3 aromatic rings. The highest BCUT2D eigenvalue weighted by atomic mass is 16.5. The van der Waals surface area contributed by atoms with E-state index in [0.717, 1.165) is 5.39 Å². The Morgan fingerprint density at radius 3 is 2.45 bits per heavy atom. The molecule has 3 N–H and O–H groups in total. The van der Waals surface area contributed by atoms with E-state index in [4.69, 9.17) is 4.74 Å². The topological polar surface area (TPSA) is 113 Å². The molecule has 0 radical (unpaired) electrons. The number of carbonyl (C=O) groups excluding carboxylic acids is 3. The fraction of sp³-hybridized carbons (Fsp3) is 0.227. The predicted molar refractivity (Wildman–Crippen MR) is 113 cm³/mol. The Labute approximate surface area is 178 Å². The molecule has 2 heterocycles. The monoisotopic (exact) mass is 422 g/mol. The van der Waals surface area contributed by atoms with Gasteiger partial charge in [-0.25, -0.2) is 4.79 Å². The molecular formula is C22H22N4O5. The molecule has 160 valence electrons. The van der Waals surface area contributed by atoms with Gasteiger partial charge in [-0.1, -0.05) is 12.1 Å². The molecule has 9 nitrogen and oxygen atoms in total. The maximum Gasteiger partial charge on any atom is 0.322 e. The highest BCUT2D eigenvalue weighted by Crippen LogP contribution is 2.35. The minimum atomic E-state index is -1.45. The summed E-state index contributed by atoms with van der Waals surface area (Å²) in [4.78, 5) is 38.6. The minimum absolute atomic E-state index is 0.0472. The van der Waals surface area contributed by atoms with Crippen LogP contribution in [-0.2, 0) is 16.9 Å². The van der Waals surface area contributed by atoms with Crippen molar-refractivity contribution in [3.63, 3.8) is 0 Å². The molecule has 9 heteroatoms. The fourth-order valence-electron chi connectivity index (χ4n) is 3.78. The van der Waals surface area contributed by atoms with Crippen molar-refractivity contribution in [1.82, 2.24) is 20.1 Å². The third-order valence-corrected chi connectivity index (χ3v) is 5.45. The summed E-state index contributed by atoms with van der Waals surface area (Å²) in [6, 6.07) is 11.1. The van der Waals surface area contributed by atoms with E-state index in [9.17, 15) is 19.5 Å². The van der Waals surface area contributed by atoms with Crippen molar-refractivity contribution in [2.75, 3.05) is 21.2 Å². The summed E-state index contributed by atoms with van der Waals surface area (Å²) in [5.41, 5.74) is -0.510. The van der Waals surface area contributed by atoms with Gasteiger partial charge in [0, 0.05) is 36.6 Å². The Balaban J connectivity index is 1.77. The number of aromatic hydroxyl groups is 1. The van der Waals surface area contributed by atoms with Gasteiger partial charge in [0.25, 0.3) is 11.8 Å². The molecule has 0 aliphatic carbocycles. The van der Waals surface area contributed by atoms with Crippen molar-refractivity contribution < 1.29 is 24.2 Å². The van der Waals surface area contributed by atoms with Gasteiger partial charge in [0.1, 0.15) is 5.75 Å². The normalized spacial score (nSPS) is 18.0. The molecule has 0 bridgehead atoms. The Bertz CT molecular complexity index is 1200. The number of fused-ring (bicyclic) bond motifs is 1. The van der Waals surface area contributed by atoms with E-state index >= 15 is 0 Å². The van der Waals surface area contributed by atoms with Crippen LogP contribution in [0.3, 0.4) is 0 Å². The van der Waals surface area contributed by atoms with Crippen molar-refractivity contribution in [2.45, 2.75) is 12.1 Å². The molecule has 1 aliphatic heterocycles.